The number of carbonyl (C=O) groups is 1. The molecule has 2 heterocycles. The van der Waals surface area contributed by atoms with E-state index in [-0.39, 0.29) is 36.8 Å². The fourth-order valence-corrected chi connectivity index (χ4v) is 2.02. The maximum Gasteiger partial charge on any atom is 0.237 e. The van der Waals surface area contributed by atoms with Crippen LogP contribution in [0.2, 0.25) is 0 Å². The molecule has 7 heteroatoms. The zero-order valence-electron chi connectivity index (χ0n) is 8.86. The Labute approximate surface area is 111 Å². The van der Waals surface area contributed by atoms with Crippen molar-refractivity contribution in [3.63, 3.8) is 0 Å². The molecule has 1 aliphatic heterocycles. The Bertz CT molecular complexity index is 341. The molecule has 1 amide bonds. The maximum atomic E-state index is 11.4. The molecule has 0 saturated carbocycles. The summed E-state index contributed by atoms with van der Waals surface area (Å²) < 4.78 is 0. The highest BCUT2D eigenvalue weighted by Gasteiger charge is 2.23. The molecule has 2 N–H and O–H groups in total. The summed E-state index contributed by atoms with van der Waals surface area (Å²) in [6.45, 7) is 3.52. The summed E-state index contributed by atoms with van der Waals surface area (Å²) in [6.07, 6.45) is 0.952. The van der Waals surface area contributed by atoms with Crippen LogP contribution in [-0.2, 0) is 11.3 Å². The summed E-state index contributed by atoms with van der Waals surface area (Å²) in [5.74, 6) is 0.101. The standard InChI is InChI=1S/C9H13N3OS.2ClH/c1-6-8(14-5-12-6)4-11-9(13)7-2-3-10-7;;/h5,7,10H,2-4H2,1H3,(H,11,13);2*1H/t7-;;/m1../s1. The van der Waals surface area contributed by atoms with Crippen LogP contribution >= 0.6 is 36.2 Å². The van der Waals surface area contributed by atoms with E-state index in [1.807, 2.05) is 6.92 Å². The summed E-state index contributed by atoms with van der Waals surface area (Å²) in [6, 6.07) is 0.0308. The normalized spacial score (nSPS) is 17.7. The monoisotopic (exact) mass is 283 g/mol. The van der Waals surface area contributed by atoms with Gasteiger partial charge in [0, 0.05) is 4.88 Å². The van der Waals surface area contributed by atoms with Crippen LogP contribution in [0.3, 0.4) is 0 Å². The average molecular weight is 284 g/mol. The molecule has 0 aliphatic carbocycles. The van der Waals surface area contributed by atoms with Crippen LogP contribution in [0.15, 0.2) is 5.51 Å². The van der Waals surface area contributed by atoms with Gasteiger partial charge in [-0.1, -0.05) is 0 Å². The molecule has 16 heavy (non-hydrogen) atoms. The van der Waals surface area contributed by atoms with E-state index in [1.54, 1.807) is 16.8 Å². The van der Waals surface area contributed by atoms with Crippen LogP contribution in [0.5, 0.6) is 0 Å². The number of hydrogen-bond acceptors (Lipinski definition) is 4. The first kappa shape index (κ1) is 15.6. The third-order valence-electron chi connectivity index (χ3n) is 2.41. The summed E-state index contributed by atoms with van der Waals surface area (Å²) >= 11 is 1.58. The van der Waals surface area contributed by atoms with E-state index in [4.69, 9.17) is 0 Å². The van der Waals surface area contributed by atoms with Gasteiger partial charge in [-0.15, -0.1) is 36.2 Å². The predicted octanol–water partition coefficient (Wildman–Crippen LogP) is 1.27. The van der Waals surface area contributed by atoms with Crippen molar-refractivity contribution in [1.82, 2.24) is 15.6 Å². The first-order valence-electron chi connectivity index (χ1n) is 4.67. The third-order valence-corrected chi connectivity index (χ3v) is 3.34. The molecule has 0 unspecified atom stereocenters. The van der Waals surface area contributed by atoms with Crippen molar-refractivity contribution in [1.29, 1.82) is 0 Å². The largest absolute Gasteiger partial charge is 0.350 e. The van der Waals surface area contributed by atoms with E-state index in [0.29, 0.717) is 6.54 Å². The maximum absolute atomic E-state index is 11.4. The fourth-order valence-electron chi connectivity index (χ4n) is 1.30. The lowest BCUT2D eigenvalue weighted by atomic mass is 10.1. The second-order valence-corrected chi connectivity index (χ2v) is 4.31. The van der Waals surface area contributed by atoms with Gasteiger partial charge in [-0.25, -0.2) is 4.98 Å². The minimum atomic E-state index is 0. The first-order valence-corrected chi connectivity index (χ1v) is 5.55. The summed E-state index contributed by atoms with van der Waals surface area (Å²) in [5, 5.41) is 5.96. The second kappa shape index (κ2) is 7.06. The molecule has 1 aromatic rings. The van der Waals surface area contributed by atoms with Crippen LogP contribution in [0, 0.1) is 6.92 Å². The minimum absolute atomic E-state index is 0. The van der Waals surface area contributed by atoms with Crippen LogP contribution < -0.4 is 10.6 Å². The van der Waals surface area contributed by atoms with Gasteiger partial charge in [0.25, 0.3) is 0 Å². The number of carbonyl (C=O) groups excluding carboxylic acids is 1. The van der Waals surface area contributed by atoms with Crippen LogP contribution in [-0.4, -0.2) is 23.5 Å². The molecule has 0 aromatic carbocycles. The van der Waals surface area contributed by atoms with Gasteiger partial charge < -0.3 is 10.6 Å². The Morgan fingerprint density at radius 1 is 1.69 bits per heavy atom. The highest BCUT2D eigenvalue weighted by Crippen LogP contribution is 2.11. The molecule has 1 aliphatic rings. The molecule has 2 rings (SSSR count). The van der Waals surface area contributed by atoms with Crippen molar-refractivity contribution in [2.24, 2.45) is 0 Å². The van der Waals surface area contributed by atoms with Gasteiger partial charge in [0.2, 0.25) is 5.91 Å². The lowest BCUT2D eigenvalue weighted by Crippen LogP contribution is -2.52. The predicted molar refractivity (Wildman–Crippen MR) is 69.6 cm³/mol. The first-order chi connectivity index (χ1) is 6.77. The summed E-state index contributed by atoms with van der Waals surface area (Å²) in [5.41, 5.74) is 2.81. The van der Waals surface area contributed by atoms with Crippen molar-refractivity contribution >= 4 is 42.1 Å². The smallest absolute Gasteiger partial charge is 0.237 e. The molecule has 1 aromatic heterocycles. The van der Waals surface area contributed by atoms with Gasteiger partial charge in [0.1, 0.15) is 0 Å². The molecular weight excluding hydrogens is 269 g/mol. The molecule has 4 nitrogen and oxygen atoms in total. The zero-order valence-corrected chi connectivity index (χ0v) is 11.3. The van der Waals surface area contributed by atoms with Gasteiger partial charge in [-0.05, 0) is 19.9 Å². The van der Waals surface area contributed by atoms with E-state index >= 15 is 0 Å². The number of hydrogen-bond donors (Lipinski definition) is 2. The fraction of sp³-hybridized carbons (Fsp3) is 0.556. The molecule has 0 spiro atoms. The summed E-state index contributed by atoms with van der Waals surface area (Å²) in [4.78, 5) is 16.7. The van der Waals surface area contributed by atoms with Crippen LogP contribution in [0.25, 0.3) is 0 Å². The minimum Gasteiger partial charge on any atom is -0.350 e. The van der Waals surface area contributed by atoms with Gasteiger partial charge in [0.15, 0.2) is 0 Å². The van der Waals surface area contributed by atoms with Gasteiger partial charge in [-0.2, -0.15) is 0 Å². The van der Waals surface area contributed by atoms with E-state index in [9.17, 15) is 4.79 Å². The quantitative estimate of drug-likeness (QED) is 0.879. The number of nitrogens with one attached hydrogen (secondary N) is 2. The highest BCUT2D eigenvalue weighted by molar-refractivity contribution is 7.09. The van der Waals surface area contributed by atoms with Crippen molar-refractivity contribution in [3.8, 4) is 0 Å². The molecule has 1 fully saturated rings. The molecule has 0 radical (unpaired) electrons. The molecule has 1 saturated heterocycles. The molecular formula is C9H15Cl2N3OS. The molecule has 92 valence electrons. The molecule has 1 atom stereocenters. The average Bonchev–Trinajstić information content (AvgIpc) is 2.44. The number of thiazole rings is 1. The van der Waals surface area contributed by atoms with Gasteiger partial charge >= 0.3 is 0 Å². The van der Waals surface area contributed by atoms with Crippen LogP contribution in [0.4, 0.5) is 0 Å². The van der Waals surface area contributed by atoms with Crippen molar-refractivity contribution < 1.29 is 4.79 Å². The third kappa shape index (κ3) is 3.59. The van der Waals surface area contributed by atoms with Gasteiger partial charge in [0.05, 0.1) is 23.8 Å². The SMILES string of the molecule is Cc1ncsc1CNC(=O)[C@H]1CCN1.Cl.Cl. The second-order valence-electron chi connectivity index (χ2n) is 3.37. The van der Waals surface area contributed by atoms with E-state index in [2.05, 4.69) is 15.6 Å². The number of rotatable bonds is 3. The number of amides is 1. The topological polar surface area (TPSA) is 54.0 Å². The lowest BCUT2D eigenvalue weighted by molar-refractivity contribution is -0.124. The van der Waals surface area contributed by atoms with Crippen molar-refractivity contribution in [2.75, 3.05) is 6.54 Å². The number of nitrogens with zero attached hydrogens (tertiary/aromatic N) is 1. The lowest BCUT2D eigenvalue weighted by Gasteiger charge is -2.26. The van der Waals surface area contributed by atoms with Gasteiger partial charge in [-0.3, -0.25) is 4.79 Å². The Hall–Kier alpha value is -0.360. The number of halogens is 2. The number of aromatic nitrogens is 1. The zero-order chi connectivity index (χ0) is 9.97. The van der Waals surface area contributed by atoms with E-state index in [0.717, 1.165) is 23.5 Å². The Kier molecular flexibility index (Phi) is 6.90. The Morgan fingerprint density at radius 2 is 2.38 bits per heavy atom. The van der Waals surface area contributed by atoms with Crippen molar-refractivity contribution in [3.05, 3.63) is 16.1 Å². The highest BCUT2D eigenvalue weighted by atomic mass is 35.5. The van der Waals surface area contributed by atoms with Crippen molar-refractivity contribution in [2.45, 2.75) is 25.9 Å². The summed E-state index contributed by atoms with van der Waals surface area (Å²) in [7, 11) is 0. The molecule has 0 bridgehead atoms. The Balaban J connectivity index is 0.00000112. The van der Waals surface area contributed by atoms with Crippen LogP contribution in [0.1, 0.15) is 17.0 Å². The van der Waals surface area contributed by atoms with E-state index < -0.39 is 0 Å². The number of aryl methyl sites for hydroxylation is 1. The Morgan fingerprint density at radius 3 is 2.81 bits per heavy atom. The van der Waals surface area contributed by atoms with E-state index in [1.165, 1.54) is 0 Å².